The van der Waals surface area contributed by atoms with E-state index in [0.717, 1.165) is 9.87 Å². The number of H-pyrrole nitrogens is 1. The van der Waals surface area contributed by atoms with Crippen molar-refractivity contribution in [3.63, 3.8) is 0 Å². The first-order valence-corrected chi connectivity index (χ1v) is 9.60. The quantitative estimate of drug-likeness (QED) is 0.699. The second-order valence-corrected chi connectivity index (χ2v) is 8.33. The number of sulfonamides is 1. The number of hydrogen-bond donors (Lipinski definition) is 2. The van der Waals surface area contributed by atoms with Crippen LogP contribution in [0.15, 0.2) is 45.7 Å². The summed E-state index contributed by atoms with van der Waals surface area (Å²) in [7, 11) is -0.862. The van der Waals surface area contributed by atoms with Gasteiger partial charge in [-0.1, -0.05) is 30.3 Å². The Morgan fingerprint density at radius 2 is 1.85 bits per heavy atom. The van der Waals surface area contributed by atoms with Crippen LogP contribution in [0.4, 0.5) is 5.69 Å². The second-order valence-electron chi connectivity index (χ2n) is 6.21. The van der Waals surface area contributed by atoms with Crippen LogP contribution in [0.1, 0.15) is 22.0 Å². The molecule has 2 aromatic heterocycles. The van der Waals surface area contributed by atoms with Gasteiger partial charge in [0.25, 0.3) is 5.91 Å². The molecule has 0 bridgehead atoms. The van der Waals surface area contributed by atoms with Crippen LogP contribution in [0, 0.1) is 13.8 Å². The van der Waals surface area contributed by atoms with Crippen LogP contribution in [0.25, 0.3) is 11.3 Å². The summed E-state index contributed by atoms with van der Waals surface area (Å²) >= 11 is 0. The fourth-order valence-electron chi connectivity index (χ4n) is 2.59. The van der Waals surface area contributed by atoms with E-state index >= 15 is 0 Å². The topological polar surface area (TPSA) is 108 Å². The lowest BCUT2D eigenvalue weighted by atomic mass is 10.1. The van der Waals surface area contributed by atoms with Gasteiger partial charge < -0.3 is 9.73 Å². The Labute approximate surface area is 157 Å². The van der Waals surface area contributed by atoms with Crippen molar-refractivity contribution in [2.75, 3.05) is 19.4 Å². The number of amides is 1. The lowest BCUT2D eigenvalue weighted by Crippen LogP contribution is -2.22. The molecule has 27 heavy (non-hydrogen) atoms. The molecule has 3 rings (SSSR count). The van der Waals surface area contributed by atoms with Crippen molar-refractivity contribution >= 4 is 21.6 Å². The number of furan rings is 1. The number of carbonyl (C=O) groups is 1. The smallest absolute Gasteiger partial charge is 0.291 e. The largest absolute Gasteiger partial charge is 0.455 e. The zero-order valence-electron chi connectivity index (χ0n) is 15.4. The molecule has 0 radical (unpaired) electrons. The Hall–Kier alpha value is -2.91. The first-order valence-electron chi connectivity index (χ1n) is 8.16. The van der Waals surface area contributed by atoms with Crippen molar-refractivity contribution in [3.8, 4) is 11.3 Å². The predicted molar refractivity (Wildman–Crippen MR) is 101 cm³/mol. The van der Waals surface area contributed by atoms with Crippen LogP contribution in [0.3, 0.4) is 0 Å². The van der Waals surface area contributed by atoms with Gasteiger partial charge in [0, 0.05) is 25.7 Å². The summed E-state index contributed by atoms with van der Waals surface area (Å²) in [6, 6.07) is 10.6. The van der Waals surface area contributed by atoms with Crippen LogP contribution < -0.4 is 5.32 Å². The van der Waals surface area contributed by atoms with E-state index in [0.29, 0.717) is 17.1 Å². The molecule has 0 spiro atoms. The van der Waals surface area contributed by atoms with E-state index < -0.39 is 15.9 Å². The van der Waals surface area contributed by atoms with Crippen molar-refractivity contribution < 1.29 is 17.6 Å². The van der Waals surface area contributed by atoms with E-state index in [4.69, 9.17) is 4.42 Å². The molecule has 0 atom stereocenters. The number of nitrogens with one attached hydrogen (secondary N) is 2. The molecule has 0 aliphatic carbocycles. The summed E-state index contributed by atoms with van der Waals surface area (Å²) < 4.78 is 31.1. The second kappa shape index (κ2) is 7.01. The number of aryl methyl sites for hydroxylation is 2. The average Bonchev–Trinajstić information content (AvgIpc) is 3.19. The molecule has 0 aliphatic rings. The lowest BCUT2D eigenvalue weighted by molar-refractivity contribution is 0.0995. The number of hydrogen-bond acceptors (Lipinski definition) is 5. The molecule has 1 aromatic carbocycles. The Kier molecular flexibility index (Phi) is 4.90. The van der Waals surface area contributed by atoms with Gasteiger partial charge in [0.1, 0.15) is 16.3 Å². The molecular weight excluding hydrogens is 368 g/mol. The third kappa shape index (κ3) is 3.51. The highest BCUT2D eigenvalue weighted by Gasteiger charge is 2.26. The summed E-state index contributed by atoms with van der Waals surface area (Å²) in [5, 5.41) is 9.86. The molecular formula is C18H20N4O4S. The molecule has 0 unspecified atom stereocenters. The highest BCUT2D eigenvalue weighted by atomic mass is 32.2. The van der Waals surface area contributed by atoms with Gasteiger partial charge in [-0.3, -0.25) is 9.89 Å². The van der Waals surface area contributed by atoms with E-state index in [2.05, 4.69) is 15.5 Å². The molecule has 2 heterocycles. The summed E-state index contributed by atoms with van der Waals surface area (Å²) in [5.74, 6) is -0.492. The Bertz CT molecular complexity index is 1080. The van der Waals surface area contributed by atoms with Crippen molar-refractivity contribution in [2.24, 2.45) is 0 Å². The number of benzene rings is 1. The van der Waals surface area contributed by atoms with Crippen LogP contribution in [0.5, 0.6) is 0 Å². The third-order valence-electron chi connectivity index (χ3n) is 4.09. The fourth-order valence-corrected chi connectivity index (χ4v) is 3.65. The van der Waals surface area contributed by atoms with Crippen LogP contribution in [0.2, 0.25) is 0 Å². The maximum absolute atomic E-state index is 12.7. The number of rotatable bonds is 5. The molecule has 142 valence electrons. The van der Waals surface area contributed by atoms with Gasteiger partial charge >= 0.3 is 0 Å². The molecule has 3 aromatic rings. The molecule has 9 heteroatoms. The number of aromatic nitrogens is 2. The van der Waals surface area contributed by atoms with E-state index in [1.165, 1.54) is 27.1 Å². The monoisotopic (exact) mass is 388 g/mol. The van der Waals surface area contributed by atoms with E-state index in [1.807, 2.05) is 30.3 Å². The summed E-state index contributed by atoms with van der Waals surface area (Å²) in [6.45, 7) is 3.29. The minimum Gasteiger partial charge on any atom is -0.455 e. The van der Waals surface area contributed by atoms with Gasteiger partial charge in [0.2, 0.25) is 10.0 Å². The molecule has 0 fully saturated rings. The van der Waals surface area contributed by atoms with Gasteiger partial charge in [-0.25, -0.2) is 12.7 Å². The average molecular weight is 388 g/mol. The van der Waals surface area contributed by atoms with E-state index in [-0.39, 0.29) is 16.4 Å². The zero-order chi connectivity index (χ0) is 19.8. The molecule has 0 saturated carbocycles. The van der Waals surface area contributed by atoms with Gasteiger partial charge in [0.05, 0.1) is 11.4 Å². The van der Waals surface area contributed by atoms with Gasteiger partial charge in [-0.2, -0.15) is 5.10 Å². The maximum atomic E-state index is 12.7. The Morgan fingerprint density at radius 1 is 1.19 bits per heavy atom. The molecule has 0 aliphatic heterocycles. The Morgan fingerprint density at radius 3 is 2.48 bits per heavy atom. The molecule has 0 saturated heterocycles. The van der Waals surface area contributed by atoms with E-state index in [1.54, 1.807) is 6.92 Å². The predicted octanol–water partition coefficient (Wildman–Crippen LogP) is 2.79. The molecule has 1 amide bonds. The number of aromatic amines is 1. The van der Waals surface area contributed by atoms with Crippen LogP contribution in [-0.4, -0.2) is 42.9 Å². The zero-order valence-corrected chi connectivity index (χ0v) is 16.2. The Balaban J connectivity index is 1.93. The van der Waals surface area contributed by atoms with Crippen molar-refractivity contribution in [2.45, 2.75) is 18.7 Å². The molecule has 2 N–H and O–H groups in total. The van der Waals surface area contributed by atoms with Crippen LogP contribution in [-0.2, 0) is 10.0 Å². The fraction of sp³-hybridized carbons (Fsp3) is 0.222. The summed E-state index contributed by atoms with van der Waals surface area (Å²) in [5.41, 5.74) is 2.61. The highest BCUT2D eigenvalue weighted by Crippen LogP contribution is 2.29. The van der Waals surface area contributed by atoms with Crippen molar-refractivity contribution in [1.82, 2.24) is 14.5 Å². The van der Waals surface area contributed by atoms with Crippen molar-refractivity contribution in [1.29, 1.82) is 0 Å². The van der Waals surface area contributed by atoms with E-state index in [9.17, 15) is 13.2 Å². The number of nitrogens with zero attached hydrogens (tertiary/aromatic N) is 2. The number of anilines is 1. The first kappa shape index (κ1) is 18.9. The van der Waals surface area contributed by atoms with Gasteiger partial charge in [0.15, 0.2) is 5.76 Å². The highest BCUT2D eigenvalue weighted by molar-refractivity contribution is 7.89. The SMILES string of the molecule is Cc1[nH]nc(-c2ccccc2)c1NC(=O)c1cc(S(=O)(=O)N(C)C)c(C)o1. The summed E-state index contributed by atoms with van der Waals surface area (Å²) in [6.07, 6.45) is 0. The van der Waals surface area contributed by atoms with Crippen molar-refractivity contribution in [3.05, 3.63) is 53.6 Å². The normalized spacial score (nSPS) is 11.7. The van der Waals surface area contributed by atoms with Crippen LogP contribution >= 0.6 is 0 Å². The van der Waals surface area contributed by atoms with Gasteiger partial charge in [-0.15, -0.1) is 0 Å². The lowest BCUT2D eigenvalue weighted by Gasteiger charge is -2.09. The van der Waals surface area contributed by atoms with Gasteiger partial charge in [-0.05, 0) is 13.8 Å². The minimum atomic E-state index is -3.70. The standard InChI is InChI=1S/C18H20N4O4S/c1-11-16(17(21-20-11)13-8-6-5-7-9-13)19-18(23)14-10-15(12(2)26-14)27(24,25)22(3)4/h5-10H,1-4H3,(H,19,23)(H,20,21). The summed E-state index contributed by atoms with van der Waals surface area (Å²) in [4.78, 5) is 12.6. The maximum Gasteiger partial charge on any atom is 0.291 e. The third-order valence-corrected chi connectivity index (χ3v) is 6.01. The molecule has 8 nitrogen and oxygen atoms in total. The first-order chi connectivity index (χ1) is 12.7. The minimum absolute atomic E-state index is 0.0372. The number of carbonyl (C=O) groups excluding carboxylic acids is 1.